The first-order valence-electron chi connectivity index (χ1n) is 8.99. The van der Waals surface area contributed by atoms with Crippen molar-refractivity contribution in [1.82, 2.24) is 0 Å². The number of nitrogens with one attached hydrogen (secondary N) is 1. The molecule has 0 aromatic heterocycles. The molecule has 11 heteroatoms. The zero-order valence-electron chi connectivity index (χ0n) is 16.1. The molecule has 0 saturated heterocycles. The molecule has 0 aliphatic rings. The van der Waals surface area contributed by atoms with Crippen molar-refractivity contribution >= 4 is 50.5 Å². The molecule has 0 heterocycles. The van der Waals surface area contributed by atoms with Gasteiger partial charge in [0.2, 0.25) is 5.91 Å². The standard InChI is InChI=1S/C21H15Cl2F3N2O3S/c22-16-11-10-14(21(24,25)26)12-18(16)27-20(29)13-28(19-9-5-4-8-17(19)23)32(30,31)15-6-2-1-3-7-15/h1-12H,13H2,(H,27,29). The van der Waals surface area contributed by atoms with Gasteiger partial charge < -0.3 is 5.32 Å². The van der Waals surface area contributed by atoms with E-state index in [0.29, 0.717) is 6.07 Å². The third-order valence-corrected chi connectivity index (χ3v) is 6.73. The highest BCUT2D eigenvalue weighted by Crippen LogP contribution is 2.34. The molecular weight excluding hydrogens is 488 g/mol. The SMILES string of the molecule is O=C(CN(c1ccccc1Cl)S(=O)(=O)c1ccccc1)Nc1cc(C(F)(F)F)ccc1Cl. The summed E-state index contributed by atoms with van der Waals surface area (Å²) in [5, 5.41) is 2.18. The predicted octanol–water partition coefficient (Wildman–Crippen LogP) is 5.85. The molecule has 3 aromatic carbocycles. The molecule has 3 rings (SSSR count). The molecular formula is C21H15Cl2F3N2O3S. The van der Waals surface area contributed by atoms with Crippen LogP contribution in [0.1, 0.15) is 5.56 Å². The second-order valence-corrected chi connectivity index (χ2v) is 9.19. The van der Waals surface area contributed by atoms with Crippen molar-refractivity contribution in [3.8, 4) is 0 Å². The van der Waals surface area contributed by atoms with Gasteiger partial charge in [0.05, 0.1) is 31.9 Å². The normalized spacial score (nSPS) is 11.8. The fraction of sp³-hybridized carbons (Fsp3) is 0.0952. The molecule has 0 spiro atoms. The number of alkyl halides is 3. The van der Waals surface area contributed by atoms with Gasteiger partial charge in [-0.2, -0.15) is 13.2 Å². The maximum absolute atomic E-state index is 13.2. The zero-order chi connectivity index (χ0) is 23.5. The summed E-state index contributed by atoms with van der Waals surface area (Å²) in [7, 11) is -4.23. The van der Waals surface area contributed by atoms with Crippen molar-refractivity contribution in [3.63, 3.8) is 0 Å². The zero-order valence-corrected chi connectivity index (χ0v) is 18.4. The van der Waals surface area contributed by atoms with E-state index in [-0.39, 0.29) is 26.3 Å². The minimum Gasteiger partial charge on any atom is -0.323 e. The molecule has 168 valence electrons. The van der Waals surface area contributed by atoms with Gasteiger partial charge in [0.1, 0.15) is 6.54 Å². The lowest BCUT2D eigenvalue weighted by Crippen LogP contribution is -2.38. The van der Waals surface area contributed by atoms with Crippen LogP contribution >= 0.6 is 23.2 Å². The summed E-state index contributed by atoms with van der Waals surface area (Å²) in [5.41, 5.74) is -1.29. The van der Waals surface area contributed by atoms with E-state index in [0.717, 1.165) is 16.4 Å². The number of hydrogen-bond acceptors (Lipinski definition) is 3. The Balaban J connectivity index is 1.96. The maximum Gasteiger partial charge on any atom is 0.416 e. The topological polar surface area (TPSA) is 66.5 Å². The quantitative estimate of drug-likeness (QED) is 0.459. The van der Waals surface area contributed by atoms with Gasteiger partial charge in [0.15, 0.2) is 0 Å². The molecule has 1 N–H and O–H groups in total. The highest BCUT2D eigenvalue weighted by atomic mass is 35.5. The van der Waals surface area contributed by atoms with Crippen LogP contribution in [0.4, 0.5) is 24.5 Å². The number of carbonyl (C=O) groups excluding carboxylic acids is 1. The van der Waals surface area contributed by atoms with E-state index in [1.54, 1.807) is 12.1 Å². The van der Waals surface area contributed by atoms with E-state index in [1.165, 1.54) is 42.5 Å². The van der Waals surface area contributed by atoms with E-state index in [2.05, 4.69) is 5.32 Å². The second-order valence-electron chi connectivity index (χ2n) is 6.52. The third kappa shape index (κ3) is 5.35. The Labute approximate surface area is 192 Å². The van der Waals surface area contributed by atoms with Crippen molar-refractivity contribution in [2.24, 2.45) is 0 Å². The fourth-order valence-corrected chi connectivity index (χ4v) is 4.70. The van der Waals surface area contributed by atoms with E-state index in [1.807, 2.05) is 0 Å². The number of halogens is 5. The molecule has 1 amide bonds. The highest BCUT2D eigenvalue weighted by molar-refractivity contribution is 7.92. The maximum atomic E-state index is 13.2. The van der Waals surface area contributed by atoms with Crippen molar-refractivity contribution in [2.45, 2.75) is 11.1 Å². The summed E-state index contributed by atoms with van der Waals surface area (Å²) in [6.07, 6.45) is -4.65. The van der Waals surface area contributed by atoms with Crippen LogP contribution in [0, 0.1) is 0 Å². The number of para-hydroxylation sites is 1. The van der Waals surface area contributed by atoms with Gasteiger partial charge >= 0.3 is 6.18 Å². The molecule has 0 atom stereocenters. The molecule has 0 unspecified atom stereocenters. The lowest BCUT2D eigenvalue weighted by atomic mass is 10.2. The van der Waals surface area contributed by atoms with Crippen molar-refractivity contribution in [1.29, 1.82) is 0 Å². The number of hydrogen-bond donors (Lipinski definition) is 1. The Hall–Kier alpha value is -2.75. The van der Waals surface area contributed by atoms with Gasteiger partial charge in [-0.15, -0.1) is 0 Å². The third-order valence-electron chi connectivity index (χ3n) is 4.31. The van der Waals surface area contributed by atoms with Crippen LogP contribution in [0.5, 0.6) is 0 Å². The van der Waals surface area contributed by atoms with Crippen LogP contribution in [0.25, 0.3) is 0 Å². The van der Waals surface area contributed by atoms with Crippen LogP contribution < -0.4 is 9.62 Å². The molecule has 32 heavy (non-hydrogen) atoms. The summed E-state index contributed by atoms with van der Waals surface area (Å²) in [6.45, 7) is -0.756. The fourth-order valence-electron chi connectivity index (χ4n) is 2.79. The number of carbonyl (C=O) groups is 1. The van der Waals surface area contributed by atoms with Gasteiger partial charge in [-0.25, -0.2) is 8.42 Å². The first-order valence-corrected chi connectivity index (χ1v) is 11.2. The first kappa shape index (κ1) is 23.9. The average molecular weight is 503 g/mol. The summed E-state index contributed by atoms with van der Waals surface area (Å²) in [5.74, 6) is -0.911. The summed E-state index contributed by atoms with van der Waals surface area (Å²) in [4.78, 5) is 12.6. The Kier molecular flexibility index (Phi) is 7.02. The molecule has 0 aliphatic heterocycles. The highest BCUT2D eigenvalue weighted by Gasteiger charge is 2.32. The van der Waals surface area contributed by atoms with E-state index < -0.39 is 34.2 Å². The van der Waals surface area contributed by atoms with Crippen LogP contribution in [0.15, 0.2) is 77.7 Å². The Morgan fingerprint density at radius 1 is 0.906 bits per heavy atom. The monoisotopic (exact) mass is 502 g/mol. The van der Waals surface area contributed by atoms with Gasteiger partial charge in [0.25, 0.3) is 10.0 Å². The lowest BCUT2D eigenvalue weighted by molar-refractivity contribution is -0.137. The molecule has 0 radical (unpaired) electrons. The second kappa shape index (κ2) is 9.40. The van der Waals surface area contributed by atoms with Crippen molar-refractivity contribution in [2.75, 3.05) is 16.2 Å². The summed E-state index contributed by atoms with van der Waals surface area (Å²) >= 11 is 12.1. The molecule has 3 aromatic rings. The first-order chi connectivity index (χ1) is 15.0. The van der Waals surface area contributed by atoms with Gasteiger partial charge in [-0.05, 0) is 42.5 Å². The molecule has 5 nitrogen and oxygen atoms in total. The van der Waals surface area contributed by atoms with Crippen LogP contribution in [-0.4, -0.2) is 20.9 Å². The smallest absolute Gasteiger partial charge is 0.323 e. The molecule has 0 saturated carbocycles. The van der Waals surface area contributed by atoms with E-state index in [9.17, 15) is 26.4 Å². The van der Waals surface area contributed by atoms with Gasteiger partial charge in [-0.1, -0.05) is 53.5 Å². The molecule has 0 fully saturated rings. The van der Waals surface area contributed by atoms with Crippen molar-refractivity contribution in [3.05, 3.63) is 88.4 Å². The number of anilines is 2. The van der Waals surface area contributed by atoms with Gasteiger partial charge in [-0.3, -0.25) is 9.10 Å². The summed E-state index contributed by atoms with van der Waals surface area (Å²) in [6, 6.07) is 15.8. The Morgan fingerprint density at radius 3 is 2.16 bits per heavy atom. The van der Waals surface area contributed by atoms with Crippen LogP contribution in [-0.2, 0) is 21.0 Å². The Bertz CT molecular complexity index is 1240. The molecule has 0 aliphatic carbocycles. The van der Waals surface area contributed by atoms with Crippen LogP contribution in [0.2, 0.25) is 10.0 Å². The molecule has 0 bridgehead atoms. The van der Waals surface area contributed by atoms with Gasteiger partial charge in [0, 0.05) is 0 Å². The number of benzene rings is 3. The Morgan fingerprint density at radius 2 is 1.53 bits per heavy atom. The summed E-state index contributed by atoms with van der Waals surface area (Å²) < 4.78 is 66.3. The number of amides is 1. The average Bonchev–Trinajstić information content (AvgIpc) is 2.74. The van der Waals surface area contributed by atoms with E-state index >= 15 is 0 Å². The largest absolute Gasteiger partial charge is 0.416 e. The minimum absolute atomic E-state index is 0.0308. The van der Waals surface area contributed by atoms with E-state index in [4.69, 9.17) is 23.2 Å². The van der Waals surface area contributed by atoms with Crippen molar-refractivity contribution < 1.29 is 26.4 Å². The predicted molar refractivity (Wildman–Crippen MR) is 118 cm³/mol. The number of sulfonamides is 1. The number of rotatable bonds is 6. The van der Waals surface area contributed by atoms with Crippen LogP contribution in [0.3, 0.4) is 0 Å². The minimum atomic E-state index is -4.65. The lowest BCUT2D eigenvalue weighted by Gasteiger charge is -2.25. The number of nitrogens with zero attached hydrogens (tertiary/aromatic N) is 1.